The van der Waals surface area contributed by atoms with Gasteiger partial charge < -0.3 is 25.3 Å². The third-order valence-electron chi connectivity index (χ3n) is 4.68. The first-order valence-corrected chi connectivity index (χ1v) is 7.96. The Morgan fingerprint density at radius 3 is 2.62 bits per heavy atom. The molecule has 134 valence electrons. The number of nitrogens with one attached hydrogen (secondary N) is 1. The molecule has 6 nitrogen and oxygen atoms in total. The van der Waals surface area contributed by atoms with Gasteiger partial charge in [-0.1, -0.05) is 19.9 Å². The van der Waals surface area contributed by atoms with Gasteiger partial charge in [-0.2, -0.15) is 0 Å². The maximum atomic E-state index is 12.4. The predicted molar refractivity (Wildman–Crippen MR) is 92.8 cm³/mol. The molecule has 1 fully saturated rings. The first kappa shape index (κ1) is 18.8. The van der Waals surface area contributed by atoms with E-state index in [0.717, 1.165) is 17.1 Å². The van der Waals surface area contributed by atoms with Gasteiger partial charge in [0.2, 0.25) is 12.7 Å². The van der Waals surface area contributed by atoms with Crippen molar-refractivity contribution in [3.8, 4) is 11.5 Å². The number of hydrogen-bond acceptors (Lipinski definition) is 5. The van der Waals surface area contributed by atoms with Crippen LogP contribution in [0.5, 0.6) is 11.5 Å². The number of halogens is 1. The zero-order valence-electron chi connectivity index (χ0n) is 14.1. The SMILES string of the molecule is CC(C)(CNC(=O)C1(N)CCOCC1)c1ccc2c(c1)OCO2.Cl. The first-order valence-electron chi connectivity index (χ1n) is 7.96. The van der Waals surface area contributed by atoms with E-state index in [9.17, 15) is 4.79 Å². The number of carbonyl (C=O) groups excluding carboxylic acids is 1. The van der Waals surface area contributed by atoms with E-state index in [1.807, 2.05) is 18.2 Å². The Balaban J connectivity index is 0.00000208. The minimum absolute atomic E-state index is 0. The molecule has 2 aliphatic rings. The van der Waals surface area contributed by atoms with E-state index in [1.165, 1.54) is 0 Å². The lowest BCUT2D eigenvalue weighted by atomic mass is 9.83. The number of benzene rings is 1. The molecule has 3 rings (SSSR count). The third kappa shape index (κ3) is 3.77. The highest BCUT2D eigenvalue weighted by molar-refractivity contribution is 5.86. The van der Waals surface area contributed by atoms with Crippen LogP contribution < -0.4 is 20.5 Å². The number of hydrogen-bond donors (Lipinski definition) is 2. The number of rotatable bonds is 4. The van der Waals surface area contributed by atoms with E-state index >= 15 is 0 Å². The van der Waals surface area contributed by atoms with Gasteiger partial charge in [0.25, 0.3) is 0 Å². The Morgan fingerprint density at radius 2 is 1.92 bits per heavy atom. The van der Waals surface area contributed by atoms with Gasteiger partial charge in [0.15, 0.2) is 11.5 Å². The molecule has 1 aromatic rings. The number of carbonyl (C=O) groups is 1. The maximum Gasteiger partial charge on any atom is 0.240 e. The Hall–Kier alpha value is -1.50. The van der Waals surface area contributed by atoms with Crippen molar-refractivity contribution in [2.45, 2.75) is 37.6 Å². The molecular weight excluding hydrogens is 332 g/mol. The molecule has 24 heavy (non-hydrogen) atoms. The molecule has 7 heteroatoms. The van der Waals surface area contributed by atoms with Crippen molar-refractivity contribution in [2.75, 3.05) is 26.6 Å². The molecule has 0 radical (unpaired) electrons. The normalized spacial score (nSPS) is 18.6. The molecule has 1 saturated heterocycles. The summed E-state index contributed by atoms with van der Waals surface area (Å²) in [5.74, 6) is 1.41. The Kier molecular flexibility index (Phi) is 5.63. The van der Waals surface area contributed by atoms with E-state index in [-0.39, 0.29) is 30.5 Å². The van der Waals surface area contributed by atoms with Gasteiger partial charge in [-0.15, -0.1) is 12.4 Å². The van der Waals surface area contributed by atoms with Crippen LogP contribution in [0, 0.1) is 0 Å². The molecule has 3 N–H and O–H groups in total. The van der Waals surface area contributed by atoms with Gasteiger partial charge in [0.05, 0.1) is 5.54 Å². The third-order valence-corrected chi connectivity index (χ3v) is 4.68. The van der Waals surface area contributed by atoms with Crippen molar-refractivity contribution in [1.82, 2.24) is 5.32 Å². The van der Waals surface area contributed by atoms with Crippen molar-refractivity contribution in [3.05, 3.63) is 23.8 Å². The Labute approximate surface area is 148 Å². The summed E-state index contributed by atoms with van der Waals surface area (Å²) in [6.07, 6.45) is 1.12. The molecule has 0 aromatic heterocycles. The second-order valence-electron chi connectivity index (χ2n) is 6.90. The van der Waals surface area contributed by atoms with Gasteiger partial charge >= 0.3 is 0 Å². The molecule has 0 aliphatic carbocycles. The van der Waals surface area contributed by atoms with Crippen molar-refractivity contribution in [2.24, 2.45) is 5.73 Å². The van der Waals surface area contributed by atoms with Crippen LogP contribution in [0.3, 0.4) is 0 Å². The topological polar surface area (TPSA) is 82.8 Å². The molecule has 2 heterocycles. The lowest BCUT2D eigenvalue weighted by Crippen LogP contribution is -2.58. The van der Waals surface area contributed by atoms with Crippen molar-refractivity contribution >= 4 is 18.3 Å². The highest BCUT2D eigenvalue weighted by atomic mass is 35.5. The summed E-state index contributed by atoms with van der Waals surface area (Å²) < 4.78 is 16.1. The van der Waals surface area contributed by atoms with Crippen LogP contribution in [0.2, 0.25) is 0 Å². The lowest BCUT2D eigenvalue weighted by Gasteiger charge is -2.34. The zero-order valence-corrected chi connectivity index (χ0v) is 14.9. The Bertz CT molecular complexity index is 600. The number of nitrogens with two attached hydrogens (primary N) is 1. The van der Waals surface area contributed by atoms with E-state index < -0.39 is 5.54 Å². The summed E-state index contributed by atoms with van der Waals surface area (Å²) in [5.41, 5.74) is 6.25. The van der Waals surface area contributed by atoms with E-state index in [1.54, 1.807) is 0 Å². The van der Waals surface area contributed by atoms with Crippen molar-refractivity contribution in [3.63, 3.8) is 0 Å². The molecule has 0 atom stereocenters. The van der Waals surface area contributed by atoms with E-state index in [4.69, 9.17) is 19.9 Å². The predicted octanol–water partition coefficient (Wildman–Crippen LogP) is 1.74. The summed E-state index contributed by atoms with van der Waals surface area (Å²) in [6, 6.07) is 5.89. The molecule has 1 aromatic carbocycles. The fourth-order valence-electron chi connectivity index (χ4n) is 2.86. The van der Waals surface area contributed by atoms with Crippen molar-refractivity contribution in [1.29, 1.82) is 0 Å². The van der Waals surface area contributed by atoms with Gasteiger partial charge in [-0.25, -0.2) is 0 Å². The van der Waals surface area contributed by atoms with Crippen LogP contribution in [0.1, 0.15) is 32.3 Å². The summed E-state index contributed by atoms with van der Waals surface area (Å²) in [4.78, 5) is 12.4. The van der Waals surface area contributed by atoms with Crippen LogP contribution in [0.25, 0.3) is 0 Å². The van der Waals surface area contributed by atoms with Crippen LogP contribution in [0.15, 0.2) is 18.2 Å². The standard InChI is InChI=1S/C17H24N2O4.ClH/c1-16(2,12-3-4-13-14(9-12)23-11-22-13)10-19-15(20)17(18)5-7-21-8-6-17;/h3-4,9H,5-8,10-11,18H2,1-2H3,(H,19,20);1H. The lowest BCUT2D eigenvalue weighted by molar-refractivity contribution is -0.130. The average Bonchev–Trinajstić information content (AvgIpc) is 3.01. The summed E-state index contributed by atoms with van der Waals surface area (Å²) in [7, 11) is 0. The van der Waals surface area contributed by atoms with Crippen LogP contribution in [-0.4, -0.2) is 38.0 Å². The minimum atomic E-state index is -0.816. The van der Waals surface area contributed by atoms with Crippen LogP contribution in [-0.2, 0) is 14.9 Å². The second-order valence-corrected chi connectivity index (χ2v) is 6.90. The van der Waals surface area contributed by atoms with Crippen LogP contribution in [0.4, 0.5) is 0 Å². The van der Waals surface area contributed by atoms with E-state index in [2.05, 4.69) is 19.2 Å². The molecule has 2 aliphatic heterocycles. The Morgan fingerprint density at radius 1 is 1.25 bits per heavy atom. The molecule has 1 amide bonds. The second kappa shape index (κ2) is 7.17. The number of ether oxygens (including phenoxy) is 3. The highest BCUT2D eigenvalue weighted by Crippen LogP contribution is 2.36. The minimum Gasteiger partial charge on any atom is -0.454 e. The highest BCUT2D eigenvalue weighted by Gasteiger charge is 2.36. The van der Waals surface area contributed by atoms with Gasteiger partial charge in [0, 0.05) is 25.2 Å². The average molecular weight is 357 g/mol. The molecule has 0 spiro atoms. The van der Waals surface area contributed by atoms with Crippen LogP contribution >= 0.6 is 12.4 Å². The fourth-order valence-corrected chi connectivity index (χ4v) is 2.86. The zero-order chi connectivity index (χ0) is 16.5. The molecule has 0 unspecified atom stereocenters. The monoisotopic (exact) mass is 356 g/mol. The fraction of sp³-hybridized carbons (Fsp3) is 0.588. The maximum absolute atomic E-state index is 12.4. The molecule has 0 saturated carbocycles. The summed E-state index contributed by atoms with van der Waals surface area (Å²) in [6.45, 7) is 6.00. The quantitative estimate of drug-likeness (QED) is 0.858. The number of fused-ring (bicyclic) bond motifs is 1. The van der Waals surface area contributed by atoms with Gasteiger partial charge in [-0.05, 0) is 30.5 Å². The van der Waals surface area contributed by atoms with Crippen molar-refractivity contribution < 1.29 is 19.0 Å². The first-order chi connectivity index (χ1) is 10.9. The number of amides is 1. The van der Waals surface area contributed by atoms with E-state index in [0.29, 0.717) is 32.6 Å². The molecule has 0 bridgehead atoms. The summed E-state index contributed by atoms with van der Waals surface area (Å²) in [5, 5.41) is 3.01. The van der Waals surface area contributed by atoms with Gasteiger partial charge in [-0.3, -0.25) is 4.79 Å². The molecular formula is C17H25ClN2O4. The summed E-state index contributed by atoms with van der Waals surface area (Å²) >= 11 is 0. The van der Waals surface area contributed by atoms with Gasteiger partial charge in [0.1, 0.15) is 0 Å². The smallest absolute Gasteiger partial charge is 0.240 e. The largest absolute Gasteiger partial charge is 0.454 e.